The molecule has 2 N–H and O–H groups in total. The molecular formula is C12H16FNS. The van der Waals surface area contributed by atoms with Crippen molar-refractivity contribution in [2.24, 2.45) is 5.73 Å². The zero-order chi connectivity index (χ0) is 10.7. The molecule has 2 rings (SSSR count). The Morgan fingerprint density at radius 1 is 1.47 bits per heavy atom. The maximum Gasteiger partial charge on any atom is 0.137 e. The Hall–Kier alpha value is -0.540. The van der Waals surface area contributed by atoms with Crippen LogP contribution in [0, 0.1) is 5.82 Å². The molecule has 1 atom stereocenters. The van der Waals surface area contributed by atoms with Crippen molar-refractivity contribution in [1.29, 1.82) is 0 Å². The van der Waals surface area contributed by atoms with Crippen LogP contribution in [0.3, 0.4) is 0 Å². The predicted molar refractivity (Wildman–Crippen MR) is 62.8 cm³/mol. The number of fused-ring (bicyclic) bond motifs is 1. The van der Waals surface area contributed by atoms with Gasteiger partial charge in [-0.25, -0.2) is 4.39 Å². The van der Waals surface area contributed by atoms with Gasteiger partial charge in [0, 0.05) is 4.90 Å². The smallest absolute Gasteiger partial charge is 0.137 e. The number of halogens is 1. The number of benzene rings is 1. The first-order valence-corrected chi connectivity index (χ1v) is 6.42. The van der Waals surface area contributed by atoms with E-state index in [9.17, 15) is 4.39 Å². The minimum atomic E-state index is -0.0681. The van der Waals surface area contributed by atoms with Gasteiger partial charge in [0.1, 0.15) is 5.82 Å². The molecule has 82 valence electrons. The summed E-state index contributed by atoms with van der Waals surface area (Å²) in [6.07, 6.45) is 3.26. The van der Waals surface area contributed by atoms with E-state index in [0.717, 1.165) is 29.9 Å². The van der Waals surface area contributed by atoms with Crippen molar-refractivity contribution in [2.75, 3.05) is 12.3 Å². The van der Waals surface area contributed by atoms with Gasteiger partial charge in [0.05, 0.1) is 0 Å². The highest BCUT2D eigenvalue weighted by molar-refractivity contribution is 7.99. The van der Waals surface area contributed by atoms with Crippen molar-refractivity contribution in [3.05, 3.63) is 29.6 Å². The fraction of sp³-hybridized carbons (Fsp3) is 0.500. The van der Waals surface area contributed by atoms with Crippen LogP contribution in [0.2, 0.25) is 0 Å². The first kappa shape index (κ1) is 11.0. The highest BCUT2D eigenvalue weighted by atomic mass is 32.2. The molecule has 1 aromatic rings. The van der Waals surface area contributed by atoms with Crippen LogP contribution in [0.15, 0.2) is 23.1 Å². The molecule has 1 heterocycles. The molecule has 0 bridgehead atoms. The summed E-state index contributed by atoms with van der Waals surface area (Å²) < 4.78 is 13.6. The molecule has 1 aliphatic heterocycles. The second kappa shape index (κ2) is 4.99. The topological polar surface area (TPSA) is 26.0 Å². The Balaban J connectivity index is 2.36. The maximum absolute atomic E-state index is 13.6. The first-order chi connectivity index (χ1) is 7.33. The summed E-state index contributed by atoms with van der Waals surface area (Å²) in [5, 5.41) is 0. The summed E-state index contributed by atoms with van der Waals surface area (Å²) in [4.78, 5) is 0.855. The molecule has 3 heteroatoms. The van der Waals surface area contributed by atoms with Gasteiger partial charge in [-0.15, -0.1) is 11.8 Å². The quantitative estimate of drug-likeness (QED) is 0.836. The predicted octanol–water partition coefficient (Wildman–Crippen LogP) is 3.14. The fourth-order valence-corrected chi connectivity index (χ4v) is 3.28. The van der Waals surface area contributed by atoms with Gasteiger partial charge in [-0.3, -0.25) is 0 Å². The van der Waals surface area contributed by atoms with Crippen molar-refractivity contribution < 1.29 is 4.39 Å². The molecule has 1 aliphatic rings. The van der Waals surface area contributed by atoms with Crippen LogP contribution in [0.25, 0.3) is 0 Å². The molecule has 0 aromatic heterocycles. The Morgan fingerprint density at radius 3 is 3.13 bits per heavy atom. The van der Waals surface area contributed by atoms with E-state index in [1.165, 1.54) is 5.56 Å². The van der Waals surface area contributed by atoms with Gasteiger partial charge in [0.2, 0.25) is 0 Å². The van der Waals surface area contributed by atoms with E-state index < -0.39 is 0 Å². The molecule has 0 fully saturated rings. The van der Waals surface area contributed by atoms with Crippen molar-refractivity contribution >= 4 is 11.8 Å². The molecule has 15 heavy (non-hydrogen) atoms. The molecule has 0 aliphatic carbocycles. The average molecular weight is 225 g/mol. The Morgan fingerprint density at radius 2 is 2.33 bits per heavy atom. The van der Waals surface area contributed by atoms with Crippen molar-refractivity contribution in [1.82, 2.24) is 0 Å². The minimum Gasteiger partial charge on any atom is -0.330 e. The number of hydrogen-bond acceptors (Lipinski definition) is 2. The lowest BCUT2D eigenvalue weighted by atomic mass is 9.91. The van der Waals surface area contributed by atoms with E-state index in [0.29, 0.717) is 12.5 Å². The van der Waals surface area contributed by atoms with E-state index in [4.69, 9.17) is 5.73 Å². The van der Waals surface area contributed by atoms with Crippen molar-refractivity contribution in [2.45, 2.75) is 30.1 Å². The first-order valence-electron chi connectivity index (χ1n) is 5.44. The lowest BCUT2D eigenvalue weighted by molar-refractivity contribution is 0.554. The highest BCUT2D eigenvalue weighted by Crippen LogP contribution is 2.38. The number of hydrogen-bond donors (Lipinski definition) is 1. The number of rotatable bonds is 2. The summed E-state index contributed by atoms with van der Waals surface area (Å²) in [7, 11) is 0. The Kier molecular flexibility index (Phi) is 3.65. The van der Waals surface area contributed by atoms with Gasteiger partial charge < -0.3 is 5.73 Å². The van der Waals surface area contributed by atoms with Gasteiger partial charge >= 0.3 is 0 Å². The molecule has 0 radical (unpaired) electrons. The van der Waals surface area contributed by atoms with Gasteiger partial charge in [-0.2, -0.15) is 0 Å². The van der Waals surface area contributed by atoms with Crippen LogP contribution in [0.5, 0.6) is 0 Å². The molecule has 1 nitrogen and oxygen atoms in total. The largest absolute Gasteiger partial charge is 0.330 e. The summed E-state index contributed by atoms with van der Waals surface area (Å²) >= 11 is 1.65. The second-order valence-corrected chi connectivity index (χ2v) is 5.03. The summed E-state index contributed by atoms with van der Waals surface area (Å²) in [5.74, 6) is 1.41. The number of thioether (sulfide) groups is 1. The molecule has 0 spiro atoms. The fourth-order valence-electron chi connectivity index (χ4n) is 2.16. The zero-order valence-corrected chi connectivity index (χ0v) is 9.52. The van der Waals surface area contributed by atoms with Crippen LogP contribution >= 0.6 is 11.8 Å². The normalized spacial score (nSPS) is 20.8. The molecule has 1 unspecified atom stereocenters. The molecule has 1 aromatic carbocycles. The van der Waals surface area contributed by atoms with Crippen molar-refractivity contribution in [3.8, 4) is 0 Å². The third-order valence-electron chi connectivity index (χ3n) is 2.90. The molecule has 0 saturated carbocycles. The Bertz CT molecular complexity index is 340. The molecular weight excluding hydrogens is 209 g/mol. The third-order valence-corrected chi connectivity index (χ3v) is 4.11. The standard InChI is InChI=1S/C12H16FNS/c13-11-5-1-4-10-9(6-7-14)3-2-8-15-12(10)11/h1,4-5,9H,2-3,6-8,14H2. The third kappa shape index (κ3) is 2.34. The van der Waals surface area contributed by atoms with E-state index in [-0.39, 0.29) is 5.82 Å². The zero-order valence-electron chi connectivity index (χ0n) is 8.71. The van der Waals surface area contributed by atoms with E-state index in [2.05, 4.69) is 6.07 Å². The minimum absolute atomic E-state index is 0.0681. The van der Waals surface area contributed by atoms with Crippen LogP contribution in [-0.2, 0) is 0 Å². The monoisotopic (exact) mass is 225 g/mol. The van der Waals surface area contributed by atoms with Crippen LogP contribution in [-0.4, -0.2) is 12.3 Å². The van der Waals surface area contributed by atoms with E-state index in [1.54, 1.807) is 17.8 Å². The lowest BCUT2D eigenvalue weighted by Gasteiger charge is -2.16. The van der Waals surface area contributed by atoms with E-state index >= 15 is 0 Å². The van der Waals surface area contributed by atoms with Crippen LogP contribution < -0.4 is 5.73 Å². The summed E-state index contributed by atoms with van der Waals surface area (Å²) in [5.41, 5.74) is 6.77. The second-order valence-electron chi connectivity index (χ2n) is 3.92. The summed E-state index contributed by atoms with van der Waals surface area (Å²) in [6, 6.07) is 5.41. The number of nitrogens with two attached hydrogens (primary N) is 1. The van der Waals surface area contributed by atoms with Gasteiger partial charge in [0.15, 0.2) is 0 Å². The van der Waals surface area contributed by atoms with Crippen molar-refractivity contribution in [3.63, 3.8) is 0 Å². The summed E-state index contributed by atoms with van der Waals surface area (Å²) in [6.45, 7) is 0.686. The Labute approximate surface area is 94.2 Å². The SMILES string of the molecule is NCCC1CCCSc2c(F)cccc21. The van der Waals surface area contributed by atoms with Crippen LogP contribution in [0.1, 0.15) is 30.7 Å². The average Bonchev–Trinajstić information content (AvgIpc) is 2.43. The lowest BCUT2D eigenvalue weighted by Crippen LogP contribution is -2.08. The van der Waals surface area contributed by atoms with Crippen LogP contribution in [0.4, 0.5) is 4.39 Å². The van der Waals surface area contributed by atoms with Gasteiger partial charge in [0.25, 0.3) is 0 Å². The maximum atomic E-state index is 13.6. The van der Waals surface area contributed by atoms with Gasteiger partial charge in [-0.05, 0) is 49.1 Å². The molecule has 0 saturated heterocycles. The van der Waals surface area contributed by atoms with E-state index in [1.807, 2.05) is 6.07 Å². The molecule has 0 amide bonds. The van der Waals surface area contributed by atoms with Gasteiger partial charge in [-0.1, -0.05) is 12.1 Å². The highest BCUT2D eigenvalue weighted by Gasteiger charge is 2.20.